The molecule has 1 aliphatic rings. The largest absolute Gasteiger partial charge is 0.469 e. The van der Waals surface area contributed by atoms with E-state index in [0.717, 1.165) is 23.6 Å². The lowest BCUT2D eigenvalue weighted by atomic mass is 9.97. The highest BCUT2D eigenvalue weighted by Crippen LogP contribution is 2.23. The van der Waals surface area contributed by atoms with E-state index in [1.54, 1.807) is 26.0 Å². The van der Waals surface area contributed by atoms with Crippen LogP contribution in [0, 0.1) is 12.8 Å². The van der Waals surface area contributed by atoms with Crippen LogP contribution < -0.4 is 10.2 Å². The number of hydrogen-bond acceptors (Lipinski definition) is 5. The summed E-state index contributed by atoms with van der Waals surface area (Å²) in [4.78, 5) is 25.4. The average molecular weight is 427 g/mol. The van der Waals surface area contributed by atoms with Crippen molar-refractivity contribution in [2.45, 2.75) is 38.5 Å². The van der Waals surface area contributed by atoms with E-state index in [2.05, 4.69) is 5.32 Å². The first kappa shape index (κ1) is 23.3. The summed E-state index contributed by atoms with van der Waals surface area (Å²) >= 11 is 0. The van der Waals surface area contributed by atoms with Gasteiger partial charge in [-0.3, -0.25) is 9.59 Å². The maximum atomic E-state index is 12.7. The Hall–Kier alpha value is -1.97. The number of quaternary nitrogens is 1. The number of benzene rings is 1. The Morgan fingerprint density at radius 3 is 2.38 bits per heavy atom. The van der Waals surface area contributed by atoms with Crippen LogP contribution in [0.4, 0.5) is 5.69 Å². The maximum absolute atomic E-state index is 12.7. The average Bonchev–Trinajstić information content (AvgIpc) is 2.70. The monoisotopic (exact) mass is 426 g/mol. The number of ether oxygens (including phenoxy) is 1. The van der Waals surface area contributed by atoms with Gasteiger partial charge in [-0.2, -0.15) is 4.31 Å². The number of hydrogen-bond donors (Lipinski definition) is 2. The van der Waals surface area contributed by atoms with E-state index in [-0.39, 0.29) is 29.2 Å². The van der Waals surface area contributed by atoms with E-state index in [1.807, 2.05) is 6.92 Å². The second kappa shape index (κ2) is 10.2. The second-order valence-electron chi connectivity index (χ2n) is 7.34. The molecule has 2 N–H and O–H groups in total. The van der Waals surface area contributed by atoms with Crippen LogP contribution in [0.25, 0.3) is 0 Å². The fourth-order valence-electron chi connectivity index (χ4n) is 3.64. The third-order valence-corrected chi connectivity index (χ3v) is 7.51. The van der Waals surface area contributed by atoms with Gasteiger partial charge in [0.25, 0.3) is 5.91 Å². The van der Waals surface area contributed by atoms with Gasteiger partial charge in [-0.05, 0) is 24.6 Å². The molecule has 0 spiro atoms. The number of aryl methyl sites for hydroxylation is 1. The quantitative estimate of drug-likeness (QED) is 0.588. The van der Waals surface area contributed by atoms with Crippen LogP contribution >= 0.6 is 0 Å². The highest BCUT2D eigenvalue weighted by atomic mass is 32.2. The van der Waals surface area contributed by atoms with Crippen molar-refractivity contribution < 1.29 is 27.6 Å². The van der Waals surface area contributed by atoms with Gasteiger partial charge in [0.2, 0.25) is 10.0 Å². The number of piperidine rings is 1. The summed E-state index contributed by atoms with van der Waals surface area (Å²) < 4.78 is 31.7. The molecule has 2 rings (SSSR count). The molecule has 1 aromatic carbocycles. The van der Waals surface area contributed by atoms with Crippen molar-refractivity contribution in [2.75, 3.05) is 45.2 Å². The molecule has 162 valence electrons. The second-order valence-corrected chi connectivity index (χ2v) is 9.28. The highest BCUT2D eigenvalue weighted by molar-refractivity contribution is 7.89. The molecule has 1 aromatic rings. The number of anilines is 1. The maximum Gasteiger partial charge on any atom is 0.309 e. The summed E-state index contributed by atoms with van der Waals surface area (Å²) in [6, 6.07) is 4.81. The third kappa shape index (κ3) is 5.77. The summed E-state index contributed by atoms with van der Waals surface area (Å²) in [5.41, 5.74) is 1.31. The Labute approximate surface area is 173 Å². The molecule has 29 heavy (non-hydrogen) atoms. The van der Waals surface area contributed by atoms with Crippen molar-refractivity contribution in [3.05, 3.63) is 23.8 Å². The van der Waals surface area contributed by atoms with E-state index >= 15 is 0 Å². The predicted octanol–water partition coefficient (Wildman–Crippen LogP) is 0.432. The van der Waals surface area contributed by atoms with Gasteiger partial charge in [0.1, 0.15) is 0 Å². The lowest BCUT2D eigenvalue weighted by Gasteiger charge is -2.27. The van der Waals surface area contributed by atoms with Gasteiger partial charge in [-0.25, -0.2) is 8.42 Å². The number of sulfonamides is 1. The van der Waals surface area contributed by atoms with E-state index in [1.165, 1.54) is 17.5 Å². The van der Waals surface area contributed by atoms with Gasteiger partial charge in [0, 0.05) is 31.6 Å². The number of amides is 1. The van der Waals surface area contributed by atoms with Gasteiger partial charge in [0.05, 0.1) is 31.0 Å². The van der Waals surface area contributed by atoms with Crippen molar-refractivity contribution >= 4 is 27.6 Å². The Morgan fingerprint density at radius 2 is 1.83 bits per heavy atom. The molecule has 1 saturated heterocycles. The zero-order valence-corrected chi connectivity index (χ0v) is 18.5. The number of carbonyl (C=O) groups is 2. The lowest BCUT2D eigenvalue weighted by Crippen LogP contribution is -3.14. The molecule has 0 unspecified atom stereocenters. The third-order valence-electron chi connectivity index (χ3n) is 5.46. The highest BCUT2D eigenvalue weighted by Gasteiger charge is 2.29. The van der Waals surface area contributed by atoms with Gasteiger partial charge < -0.3 is 15.0 Å². The first-order valence-corrected chi connectivity index (χ1v) is 11.5. The molecule has 0 radical (unpaired) electrons. The number of rotatable bonds is 8. The molecule has 1 amide bonds. The number of carbonyl (C=O) groups excluding carboxylic acids is 2. The fraction of sp³-hybridized carbons (Fsp3) is 0.600. The van der Waals surface area contributed by atoms with E-state index in [9.17, 15) is 18.0 Å². The van der Waals surface area contributed by atoms with Gasteiger partial charge in [0.15, 0.2) is 6.54 Å². The fourth-order valence-corrected chi connectivity index (χ4v) is 5.12. The summed E-state index contributed by atoms with van der Waals surface area (Å²) in [6.07, 6.45) is 1.40. The van der Waals surface area contributed by atoms with E-state index < -0.39 is 10.0 Å². The minimum atomic E-state index is -3.59. The van der Waals surface area contributed by atoms with Gasteiger partial charge in [-0.15, -0.1) is 0 Å². The SMILES string of the molecule is CCN(CC)S(=O)(=O)c1ccc(C)c(NC(=O)C[NH+]2CCC(C(=O)OC)CC2)c1. The van der Waals surface area contributed by atoms with E-state index in [4.69, 9.17) is 4.74 Å². The Kier molecular flexibility index (Phi) is 8.18. The number of likely N-dealkylation sites (tertiary alicyclic amines) is 1. The minimum Gasteiger partial charge on any atom is -0.469 e. The summed E-state index contributed by atoms with van der Waals surface area (Å²) in [6.45, 7) is 7.93. The van der Waals surface area contributed by atoms with Gasteiger partial charge >= 0.3 is 5.97 Å². The smallest absolute Gasteiger partial charge is 0.309 e. The minimum absolute atomic E-state index is 0.0870. The Morgan fingerprint density at radius 1 is 1.21 bits per heavy atom. The van der Waals surface area contributed by atoms with Crippen LogP contribution in [0.1, 0.15) is 32.3 Å². The first-order valence-electron chi connectivity index (χ1n) is 10.0. The summed E-state index contributed by atoms with van der Waals surface area (Å²) in [5, 5.41) is 2.86. The summed E-state index contributed by atoms with van der Waals surface area (Å²) in [7, 11) is -2.19. The number of nitrogens with zero attached hydrogens (tertiary/aromatic N) is 1. The van der Waals surface area contributed by atoms with Crippen LogP contribution in [0.2, 0.25) is 0 Å². The molecule has 9 heteroatoms. The standard InChI is InChI=1S/C20H31N3O5S/c1-5-23(6-2)29(26,27)17-8-7-15(3)18(13-17)21-19(24)14-22-11-9-16(10-12-22)20(25)28-4/h7-8,13,16H,5-6,9-12,14H2,1-4H3,(H,21,24)/p+1. The van der Waals surface area contributed by atoms with Crippen LogP contribution in [-0.4, -0.2) is 64.4 Å². The van der Waals surface area contributed by atoms with Crippen LogP contribution in [0.3, 0.4) is 0 Å². The zero-order chi connectivity index (χ0) is 21.6. The molecule has 0 aromatic heterocycles. The Balaban J connectivity index is 2.03. The van der Waals surface area contributed by atoms with Crippen molar-refractivity contribution in [3.63, 3.8) is 0 Å². The molecule has 0 bridgehead atoms. The zero-order valence-electron chi connectivity index (χ0n) is 17.7. The van der Waals surface area contributed by atoms with Crippen molar-refractivity contribution in [1.82, 2.24) is 4.31 Å². The van der Waals surface area contributed by atoms with E-state index in [0.29, 0.717) is 31.6 Å². The van der Waals surface area contributed by atoms with Crippen molar-refractivity contribution in [2.24, 2.45) is 5.92 Å². The lowest BCUT2D eigenvalue weighted by molar-refractivity contribution is -0.897. The van der Waals surface area contributed by atoms with Crippen LogP contribution in [0.15, 0.2) is 23.1 Å². The van der Waals surface area contributed by atoms with Crippen LogP contribution in [-0.2, 0) is 24.3 Å². The number of methoxy groups -OCH3 is 1. The molecule has 0 atom stereocenters. The molecule has 0 aliphatic carbocycles. The molecular weight excluding hydrogens is 394 g/mol. The van der Waals surface area contributed by atoms with Gasteiger partial charge in [-0.1, -0.05) is 19.9 Å². The molecule has 1 fully saturated rings. The normalized spacial score (nSPS) is 19.8. The molecular formula is C20H32N3O5S+. The topological polar surface area (TPSA) is 97.2 Å². The number of nitrogens with one attached hydrogen (secondary N) is 2. The molecule has 0 saturated carbocycles. The van der Waals surface area contributed by atoms with Crippen LogP contribution in [0.5, 0.6) is 0 Å². The molecule has 8 nitrogen and oxygen atoms in total. The number of esters is 1. The Bertz CT molecular complexity index is 829. The van der Waals surface area contributed by atoms with Crippen molar-refractivity contribution in [1.29, 1.82) is 0 Å². The predicted molar refractivity (Wildman–Crippen MR) is 110 cm³/mol. The first-order chi connectivity index (χ1) is 13.7. The molecule has 1 aliphatic heterocycles. The molecule has 1 heterocycles. The van der Waals surface area contributed by atoms with Crippen molar-refractivity contribution in [3.8, 4) is 0 Å². The summed E-state index contributed by atoms with van der Waals surface area (Å²) in [5.74, 6) is -0.441.